The summed E-state index contributed by atoms with van der Waals surface area (Å²) in [4.78, 5) is 12.0. The van der Waals surface area contributed by atoms with Gasteiger partial charge in [0, 0.05) is 11.6 Å². The van der Waals surface area contributed by atoms with Gasteiger partial charge in [-0.15, -0.1) is 0 Å². The molecule has 0 radical (unpaired) electrons. The maximum absolute atomic E-state index is 12.0. The SMILES string of the molecule is CC(C)(C)OC(=O)Nn1ccc2ccc3c(c21)CCCC3. The van der Waals surface area contributed by atoms with Crippen molar-refractivity contribution in [2.24, 2.45) is 0 Å². The van der Waals surface area contributed by atoms with Crippen LogP contribution >= 0.6 is 0 Å². The van der Waals surface area contributed by atoms with Gasteiger partial charge in [-0.2, -0.15) is 0 Å². The second-order valence-electron chi connectivity index (χ2n) is 6.65. The van der Waals surface area contributed by atoms with Crippen LogP contribution in [-0.4, -0.2) is 16.4 Å². The fourth-order valence-corrected chi connectivity index (χ4v) is 2.97. The number of nitrogens with zero attached hydrogens (tertiary/aromatic N) is 1. The number of aryl methyl sites for hydroxylation is 2. The van der Waals surface area contributed by atoms with Crippen molar-refractivity contribution < 1.29 is 9.53 Å². The highest BCUT2D eigenvalue weighted by Crippen LogP contribution is 2.29. The molecule has 0 unspecified atom stereocenters. The van der Waals surface area contributed by atoms with Crippen molar-refractivity contribution in [2.45, 2.75) is 52.1 Å². The van der Waals surface area contributed by atoms with Crippen LogP contribution in [0.3, 0.4) is 0 Å². The maximum atomic E-state index is 12.0. The van der Waals surface area contributed by atoms with Gasteiger partial charge in [-0.25, -0.2) is 10.2 Å². The summed E-state index contributed by atoms with van der Waals surface area (Å²) in [7, 11) is 0. The minimum absolute atomic E-state index is 0.423. The standard InChI is InChI=1S/C17H22N2O2/c1-17(2,3)21-16(20)18-19-11-10-13-9-8-12-6-4-5-7-14(12)15(13)19/h8-11H,4-7H2,1-3H3,(H,18,20). The van der Waals surface area contributed by atoms with Crippen LogP contribution in [0.5, 0.6) is 0 Å². The molecular formula is C17H22N2O2. The Bertz CT molecular complexity index is 680. The zero-order chi connectivity index (χ0) is 15.0. The molecule has 2 aromatic rings. The van der Waals surface area contributed by atoms with Gasteiger partial charge >= 0.3 is 6.09 Å². The number of hydrogen-bond acceptors (Lipinski definition) is 2. The summed E-state index contributed by atoms with van der Waals surface area (Å²) in [6.07, 6.45) is 6.13. The zero-order valence-electron chi connectivity index (χ0n) is 12.9. The second-order valence-corrected chi connectivity index (χ2v) is 6.65. The molecule has 0 saturated carbocycles. The smallest absolute Gasteiger partial charge is 0.426 e. The Morgan fingerprint density at radius 2 is 1.95 bits per heavy atom. The van der Waals surface area contributed by atoms with Crippen molar-refractivity contribution in [1.29, 1.82) is 0 Å². The minimum Gasteiger partial charge on any atom is -0.443 e. The van der Waals surface area contributed by atoms with E-state index in [2.05, 4.69) is 17.6 Å². The number of rotatable bonds is 1. The molecule has 112 valence electrons. The van der Waals surface area contributed by atoms with Gasteiger partial charge < -0.3 is 4.74 Å². The summed E-state index contributed by atoms with van der Waals surface area (Å²) >= 11 is 0. The number of ether oxygens (including phenoxy) is 1. The molecule has 21 heavy (non-hydrogen) atoms. The second kappa shape index (κ2) is 5.10. The van der Waals surface area contributed by atoms with Crippen LogP contribution in [-0.2, 0) is 17.6 Å². The first-order chi connectivity index (χ1) is 9.94. The number of hydrogen-bond donors (Lipinski definition) is 1. The summed E-state index contributed by atoms with van der Waals surface area (Å²) in [6.45, 7) is 5.59. The monoisotopic (exact) mass is 286 g/mol. The van der Waals surface area contributed by atoms with Crippen LogP contribution in [0, 0.1) is 0 Å². The fraction of sp³-hybridized carbons (Fsp3) is 0.471. The minimum atomic E-state index is -0.494. The van der Waals surface area contributed by atoms with E-state index in [1.807, 2.05) is 33.0 Å². The predicted molar refractivity (Wildman–Crippen MR) is 84.2 cm³/mol. The lowest BCUT2D eigenvalue weighted by atomic mass is 9.90. The normalized spacial score (nSPS) is 14.8. The van der Waals surface area contributed by atoms with Gasteiger partial charge in [-0.1, -0.05) is 12.1 Å². The zero-order valence-corrected chi connectivity index (χ0v) is 12.9. The number of nitrogens with one attached hydrogen (secondary N) is 1. The molecule has 1 aliphatic rings. The molecule has 1 aromatic carbocycles. The Hall–Kier alpha value is -1.97. The van der Waals surface area contributed by atoms with Gasteiger partial charge in [0.25, 0.3) is 0 Å². The molecular weight excluding hydrogens is 264 g/mol. The Balaban J connectivity index is 1.94. The quantitative estimate of drug-likeness (QED) is 0.861. The van der Waals surface area contributed by atoms with Crippen molar-refractivity contribution >= 4 is 17.0 Å². The van der Waals surface area contributed by atoms with Crippen molar-refractivity contribution in [3.8, 4) is 0 Å². The third-order valence-corrected chi connectivity index (χ3v) is 3.79. The molecule has 1 heterocycles. The van der Waals surface area contributed by atoms with Gasteiger partial charge in [0.05, 0.1) is 5.52 Å². The number of carbonyl (C=O) groups excluding carboxylic acids is 1. The van der Waals surface area contributed by atoms with Crippen LogP contribution in [0.1, 0.15) is 44.7 Å². The summed E-state index contributed by atoms with van der Waals surface area (Å²) in [5.74, 6) is 0. The molecule has 0 spiro atoms. The molecule has 1 aliphatic carbocycles. The molecule has 1 amide bonds. The van der Waals surface area contributed by atoms with E-state index in [4.69, 9.17) is 4.74 Å². The lowest BCUT2D eigenvalue weighted by molar-refractivity contribution is 0.0614. The van der Waals surface area contributed by atoms with Crippen molar-refractivity contribution in [2.75, 3.05) is 5.43 Å². The third kappa shape index (κ3) is 2.89. The molecule has 0 fully saturated rings. The number of amides is 1. The van der Waals surface area contributed by atoms with E-state index in [1.54, 1.807) is 4.68 Å². The van der Waals surface area contributed by atoms with Crippen LogP contribution in [0.15, 0.2) is 24.4 Å². The van der Waals surface area contributed by atoms with Gasteiger partial charge in [0.2, 0.25) is 0 Å². The number of benzene rings is 1. The highest BCUT2D eigenvalue weighted by atomic mass is 16.6. The van der Waals surface area contributed by atoms with E-state index in [0.29, 0.717) is 0 Å². The van der Waals surface area contributed by atoms with E-state index >= 15 is 0 Å². The Morgan fingerprint density at radius 3 is 2.71 bits per heavy atom. The Morgan fingerprint density at radius 1 is 1.19 bits per heavy atom. The van der Waals surface area contributed by atoms with E-state index < -0.39 is 11.7 Å². The molecule has 0 aliphatic heterocycles. The summed E-state index contributed by atoms with van der Waals surface area (Å²) in [6, 6.07) is 6.38. The van der Waals surface area contributed by atoms with Crippen LogP contribution in [0.25, 0.3) is 10.9 Å². The van der Waals surface area contributed by atoms with Gasteiger partial charge in [-0.05, 0) is 63.6 Å². The Labute approximate surface area is 125 Å². The highest BCUT2D eigenvalue weighted by molar-refractivity contribution is 5.87. The largest absolute Gasteiger partial charge is 0.443 e. The van der Waals surface area contributed by atoms with E-state index in [0.717, 1.165) is 23.7 Å². The van der Waals surface area contributed by atoms with Crippen molar-refractivity contribution in [1.82, 2.24) is 4.68 Å². The molecule has 4 heteroatoms. The molecule has 4 nitrogen and oxygen atoms in total. The lowest BCUT2D eigenvalue weighted by Gasteiger charge is -2.21. The fourth-order valence-electron chi connectivity index (χ4n) is 2.97. The van der Waals surface area contributed by atoms with E-state index in [-0.39, 0.29) is 0 Å². The Kier molecular flexibility index (Phi) is 3.40. The van der Waals surface area contributed by atoms with Crippen molar-refractivity contribution in [3.63, 3.8) is 0 Å². The number of fused-ring (bicyclic) bond motifs is 3. The maximum Gasteiger partial charge on any atom is 0.426 e. The summed E-state index contributed by atoms with van der Waals surface area (Å²) < 4.78 is 7.13. The first-order valence-corrected chi connectivity index (χ1v) is 7.56. The highest BCUT2D eigenvalue weighted by Gasteiger charge is 2.19. The van der Waals surface area contributed by atoms with Gasteiger partial charge in [0.1, 0.15) is 5.60 Å². The lowest BCUT2D eigenvalue weighted by Crippen LogP contribution is -2.31. The van der Waals surface area contributed by atoms with Crippen LogP contribution < -0.4 is 5.43 Å². The van der Waals surface area contributed by atoms with Gasteiger partial charge in [0.15, 0.2) is 0 Å². The molecule has 0 atom stereocenters. The van der Waals surface area contributed by atoms with Crippen LogP contribution in [0.4, 0.5) is 4.79 Å². The molecule has 0 saturated heterocycles. The topological polar surface area (TPSA) is 43.3 Å². The molecule has 3 rings (SSSR count). The van der Waals surface area contributed by atoms with Gasteiger partial charge in [-0.3, -0.25) is 4.68 Å². The first kappa shape index (κ1) is 14.0. The number of carbonyl (C=O) groups is 1. The molecule has 1 aromatic heterocycles. The average Bonchev–Trinajstić information content (AvgIpc) is 2.80. The average molecular weight is 286 g/mol. The van der Waals surface area contributed by atoms with Crippen LogP contribution in [0.2, 0.25) is 0 Å². The van der Waals surface area contributed by atoms with E-state index in [1.165, 1.54) is 24.0 Å². The van der Waals surface area contributed by atoms with Crippen molar-refractivity contribution in [3.05, 3.63) is 35.5 Å². The predicted octanol–water partition coefficient (Wildman–Crippen LogP) is 4.00. The van der Waals surface area contributed by atoms with E-state index in [9.17, 15) is 4.79 Å². The summed E-state index contributed by atoms with van der Waals surface area (Å²) in [5.41, 5.74) is 6.21. The third-order valence-electron chi connectivity index (χ3n) is 3.79. The molecule has 0 bridgehead atoms. The summed E-state index contributed by atoms with van der Waals surface area (Å²) in [5, 5.41) is 1.16. The first-order valence-electron chi connectivity index (χ1n) is 7.56. The number of aromatic nitrogens is 1. The molecule has 1 N–H and O–H groups in total.